The summed E-state index contributed by atoms with van der Waals surface area (Å²) in [6.45, 7) is 11.3. The van der Waals surface area contributed by atoms with E-state index in [0.29, 0.717) is 12.0 Å². The van der Waals surface area contributed by atoms with Crippen LogP contribution >= 0.6 is 0 Å². The summed E-state index contributed by atoms with van der Waals surface area (Å²) in [5, 5.41) is 9.96. The molecule has 4 rings (SSSR count). The van der Waals surface area contributed by atoms with Crippen molar-refractivity contribution in [3.63, 3.8) is 0 Å². The molecule has 1 aliphatic heterocycles. The number of ether oxygens (including phenoxy) is 1. The van der Waals surface area contributed by atoms with Gasteiger partial charge in [0, 0.05) is 6.42 Å². The fourth-order valence-electron chi connectivity index (χ4n) is 5.92. The number of aliphatic hydroxyl groups is 1. The molecule has 1 saturated carbocycles. The standard InChI is InChI=1S/C26H33FO3/c1-16-12-17(6-9-22(16)27)20-15-25(4)10-11-26(5,24(25,2)3)21(20)8-7-19-13-18(28)14-23(29)30-19/h6-9,12,18-19,28H,10-11,13-15H2,1-5H3/b8-7+/t18-,19-,25?,26?/m1/s1. The van der Waals surface area contributed by atoms with Gasteiger partial charge in [0.25, 0.3) is 0 Å². The number of allylic oxidation sites excluding steroid dienone is 3. The topological polar surface area (TPSA) is 46.5 Å². The van der Waals surface area contributed by atoms with Crippen LogP contribution in [0.25, 0.3) is 5.57 Å². The highest BCUT2D eigenvalue weighted by molar-refractivity contribution is 5.76. The van der Waals surface area contributed by atoms with Crippen molar-refractivity contribution in [2.24, 2.45) is 16.2 Å². The number of benzene rings is 1. The SMILES string of the molecule is Cc1cc(C2=C(/C=C/[C@@H]3C[C@@H](O)CC(=O)O3)C3(C)CCC(C)(C2)C3(C)C)ccc1F. The van der Waals surface area contributed by atoms with Crippen LogP contribution in [0.15, 0.2) is 35.9 Å². The number of cyclic esters (lactones) is 1. The second-order valence-electron chi connectivity index (χ2n) is 10.5. The molecule has 4 atom stereocenters. The van der Waals surface area contributed by atoms with E-state index in [-0.39, 0.29) is 34.5 Å². The van der Waals surface area contributed by atoms with E-state index < -0.39 is 12.2 Å². The third-order valence-corrected chi connectivity index (χ3v) is 8.73. The lowest BCUT2D eigenvalue weighted by atomic mass is 9.51. The summed E-state index contributed by atoms with van der Waals surface area (Å²) in [5.41, 5.74) is 4.48. The molecule has 4 heteroatoms. The summed E-state index contributed by atoms with van der Waals surface area (Å²) in [4.78, 5) is 11.8. The first-order valence-corrected chi connectivity index (χ1v) is 11.0. The van der Waals surface area contributed by atoms with Gasteiger partial charge in [-0.15, -0.1) is 0 Å². The van der Waals surface area contributed by atoms with Gasteiger partial charge in [-0.2, -0.15) is 0 Å². The van der Waals surface area contributed by atoms with E-state index in [1.165, 1.54) is 11.1 Å². The molecule has 1 saturated heterocycles. The molecule has 3 nitrogen and oxygen atoms in total. The predicted octanol–water partition coefficient (Wildman–Crippen LogP) is 5.75. The molecule has 1 aromatic rings. The van der Waals surface area contributed by atoms with Crippen LogP contribution in [0.4, 0.5) is 4.39 Å². The quantitative estimate of drug-likeness (QED) is 0.643. The molecule has 162 valence electrons. The molecule has 30 heavy (non-hydrogen) atoms. The second kappa shape index (κ2) is 7.05. The number of rotatable bonds is 3. The number of halogens is 1. The molecule has 3 aliphatic rings. The number of carbonyl (C=O) groups excluding carboxylic acids is 1. The molecular weight excluding hydrogens is 379 g/mol. The van der Waals surface area contributed by atoms with Crippen molar-refractivity contribution in [2.45, 2.75) is 78.9 Å². The van der Waals surface area contributed by atoms with Gasteiger partial charge in [-0.3, -0.25) is 4.79 Å². The Labute approximate surface area is 179 Å². The zero-order valence-electron chi connectivity index (χ0n) is 18.7. The van der Waals surface area contributed by atoms with E-state index in [1.807, 2.05) is 25.1 Å². The van der Waals surface area contributed by atoms with Crippen LogP contribution < -0.4 is 0 Å². The van der Waals surface area contributed by atoms with Crippen LogP contribution in [-0.2, 0) is 9.53 Å². The third kappa shape index (κ3) is 3.15. The Morgan fingerprint density at radius 3 is 2.60 bits per heavy atom. The van der Waals surface area contributed by atoms with Crippen molar-refractivity contribution in [2.75, 3.05) is 0 Å². The smallest absolute Gasteiger partial charge is 0.309 e. The average Bonchev–Trinajstić information content (AvgIpc) is 2.76. The zero-order valence-corrected chi connectivity index (χ0v) is 18.7. The largest absolute Gasteiger partial charge is 0.458 e. The summed E-state index contributed by atoms with van der Waals surface area (Å²) in [6.07, 6.45) is 6.67. The molecule has 1 N–H and O–H groups in total. The van der Waals surface area contributed by atoms with E-state index in [1.54, 1.807) is 6.07 Å². The van der Waals surface area contributed by atoms with Gasteiger partial charge in [-0.25, -0.2) is 4.39 Å². The highest BCUT2D eigenvalue weighted by Gasteiger charge is 2.62. The van der Waals surface area contributed by atoms with Crippen LogP contribution in [0.5, 0.6) is 0 Å². The number of fused-ring (bicyclic) bond motifs is 2. The van der Waals surface area contributed by atoms with Crippen molar-refractivity contribution in [3.8, 4) is 0 Å². The minimum absolute atomic E-state index is 0.0363. The van der Waals surface area contributed by atoms with E-state index in [0.717, 1.165) is 24.8 Å². The Bertz CT molecular complexity index is 944. The minimum Gasteiger partial charge on any atom is -0.458 e. The molecular formula is C26H33FO3. The number of carbonyl (C=O) groups is 1. The molecule has 0 spiro atoms. The first-order chi connectivity index (χ1) is 14.0. The van der Waals surface area contributed by atoms with Gasteiger partial charge >= 0.3 is 5.97 Å². The Kier molecular flexibility index (Phi) is 5.00. The normalized spacial score (nSPS) is 35.8. The highest BCUT2D eigenvalue weighted by Crippen LogP contribution is 2.71. The minimum atomic E-state index is -0.651. The first-order valence-electron chi connectivity index (χ1n) is 11.0. The maximum atomic E-state index is 14.0. The van der Waals surface area contributed by atoms with Crippen molar-refractivity contribution in [1.82, 2.24) is 0 Å². The number of aryl methyl sites for hydroxylation is 1. The lowest BCUT2D eigenvalue weighted by Gasteiger charge is -2.53. The molecule has 2 aliphatic carbocycles. The molecule has 2 unspecified atom stereocenters. The van der Waals surface area contributed by atoms with Crippen LogP contribution in [-0.4, -0.2) is 23.3 Å². The Hall–Kier alpha value is -1.94. The molecule has 0 aromatic heterocycles. The summed E-state index contributed by atoms with van der Waals surface area (Å²) in [6, 6.07) is 5.40. The highest BCUT2D eigenvalue weighted by atomic mass is 19.1. The number of esters is 1. The predicted molar refractivity (Wildman–Crippen MR) is 116 cm³/mol. The summed E-state index contributed by atoms with van der Waals surface area (Å²) >= 11 is 0. The summed E-state index contributed by atoms with van der Waals surface area (Å²) in [5.74, 6) is -0.536. The second-order valence-corrected chi connectivity index (χ2v) is 10.5. The monoisotopic (exact) mass is 412 g/mol. The average molecular weight is 413 g/mol. The van der Waals surface area contributed by atoms with Crippen LogP contribution in [0, 0.1) is 29.0 Å². The first kappa shape index (κ1) is 21.3. The van der Waals surface area contributed by atoms with E-state index >= 15 is 0 Å². The molecule has 1 heterocycles. The molecule has 2 bridgehead atoms. The van der Waals surface area contributed by atoms with Crippen molar-refractivity contribution < 1.29 is 19.0 Å². The van der Waals surface area contributed by atoms with Gasteiger partial charge in [-0.1, -0.05) is 39.8 Å². The lowest BCUT2D eigenvalue weighted by molar-refractivity contribution is -0.156. The van der Waals surface area contributed by atoms with E-state index in [4.69, 9.17) is 4.74 Å². The van der Waals surface area contributed by atoms with Gasteiger partial charge in [-0.05, 0) is 82.9 Å². The Morgan fingerprint density at radius 2 is 1.93 bits per heavy atom. The zero-order chi connectivity index (χ0) is 21.9. The molecule has 1 aromatic carbocycles. The molecule has 0 amide bonds. The van der Waals surface area contributed by atoms with Gasteiger partial charge in [0.05, 0.1) is 12.5 Å². The fraction of sp³-hybridized carbons (Fsp3) is 0.577. The van der Waals surface area contributed by atoms with Crippen LogP contribution in [0.3, 0.4) is 0 Å². The summed E-state index contributed by atoms with van der Waals surface area (Å²) in [7, 11) is 0. The van der Waals surface area contributed by atoms with Crippen molar-refractivity contribution in [3.05, 3.63) is 52.9 Å². The van der Waals surface area contributed by atoms with Gasteiger partial charge in [0.2, 0.25) is 0 Å². The maximum absolute atomic E-state index is 14.0. The van der Waals surface area contributed by atoms with Gasteiger partial charge in [0.15, 0.2) is 0 Å². The number of aliphatic hydroxyl groups excluding tert-OH is 1. The summed E-state index contributed by atoms with van der Waals surface area (Å²) < 4.78 is 19.4. The van der Waals surface area contributed by atoms with E-state index in [2.05, 4.69) is 33.8 Å². The Morgan fingerprint density at radius 1 is 1.20 bits per heavy atom. The Balaban J connectivity index is 1.82. The van der Waals surface area contributed by atoms with Gasteiger partial charge < -0.3 is 9.84 Å². The fourth-order valence-corrected chi connectivity index (χ4v) is 5.92. The number of hydrogen-bond acceptors (Lipinski definition) is 3. The van der Waals surface area contributed by atoms with Crippen LogP contribution in [0.1, 0.15) is 70.9 Å². The third-order valence-electron chi connectivity index (χ3n) is 8.73. The van der Waals surface area contributed by atoms with E-state index in [9.17, 15) is 14.3 Å². The van der Waals surface area contributed by atoms with Crippen molar-refractivity contribution >= 4 is 11.5 Å². The van der Waals surface area contributed by atoms with Crippen molar-refractivity contribution in [1.29, 1.82) is 0 Å². The van der Waals surface area contributed by atoms with Gasteiger partial charge in [0.1, 0.15) is 11.9 Å². The molecule has 0 radical (unpaired) electrons. The number of hydrogen-bond donors (Lipinski definition) is 1. The molecule has 2 fully saturated rings. The van der Waals surface area contributed by atoms with Crippen LogP contribution in [0.2, 0.25) is 0 Å². The maximum Gasteiger partial charge on any atom is 0.309 e. The lowest BCUT2D eigenvalue weighted by Crippen LogP contribution is -2.44.